The molecule has 2 rings (SSSR count). The Morgan fingerprint density at radius 1 is 1.30 bits per heavy atom. The van der Waals surface area contributed by atoms with E-state index in [9.17, 15) is 5.11 Å². The van der Waals surface area contributed by atoms with E-state index in [1.807, 2.05) is 25.1 Å². The predicted octanol–water partition coefficient (Wildman–Crippen LogP) is 4.79. The topological polar surface area (TPSA) is 33.1 Å². The van der Waals surface area contributed by atoms with Crippen LogP contribution in [0.3, 0.4) is 0 Å². The van der Waals surface area contributed by atoms with Gasteiger partial charge >= 0.3 is 0 Å². The fraction of sp³-hybridized carbons (Fsp3) is 0.312. The number of pyridine rings is 1. The molecule has 2 atom stereocenters. The smallest absolute Gasteiger partial charge is 0.0951 e. The maximum absolute atomic E-state index is 11.0. The molecule has 0 aliphatic heterocycles. The van der Waals surface area contributed by atoms with Gasteiger partial charge in [0.2, 0.25) is 0 Å². The van der Waals surface area contributed by atoms with Gasteiger partial charge < -0.3 is 5.11 Å². The maximum atomic E-state index is 11.0. The second kappa shape index (κ2) is 6.13. The molecule has 0 saturated heterocycles. The zero-order valence-electron chi connectivity index (χ0n) is 11.5. The van der Waals surface area contributed by atoms with Crippen LogP contribution in [0.25, 0.3) is 0 Å². The van der Waals surface area contributed by atoms with Crippen LogP contribution in [-0.4, -0.2) is 10.1 Å². The first-order chi connectivity index (χ1) is 9.46. The number of benzene rings is 1. The van der Waals surface area contributed by atoms with Crippen molar-refractivity contribution in [2.45, 2.75) is 31.8 Å². The molecule has 0 fully saturated rings. The van der Waals surface area contributed by atoms with Crippen LogP contribution in [0, 0.1) is 0 Å². The van der Waals surface area contributed by atoms with Gasteiger partial charge in [-0.25, -0.2) is 0 Å². The lowest BCUT2D eigenvalue weighted by molar-refractivity contribution is 0.0246. The number of nitrogens with zero attached hydrogens (tertiary/aromatic N) is 1. The van der Waals surface area contributed by atoms with E-state index in [1.54, 1.807) is 31.5 Å². The van der Waals surface area contributed by atoms with Crippen molar-refractivity contribution in [3.8, 4) is 0 Å². The Bertz CT molecular complexity index is 584. The van der Waals surface area contributed by atoms with Crippen molar-refractivity contribution in [1.29, 1.82) is 0 Å². The molecule has 0 spiro atoms. The summed E-state index contributed by atoms with van der Waals surface area (Å²) in [5.41, 5.74) is 0.630. The third-order valence-electron chi connectivity index (χ3n) is 3.67. The Balaban J connectivity index is 2.46. The highest BCUT2D eigenvalue weighted by Gasteiger charge is 2.35. The number of aromatic nitrogens is 1. The summed E-state index contributed by atoms with van der Waals surface area (Å²) in [6, 6.07) is 9.08. The molecule has 0 aliphatic rings. The maximum Gasteiger partial charge on any atom is 0.0951 e. The first-order valence-electron chi connectivity index (χ1n) is 6.54. The molecule has 0 aliphatic carbocycles. The molecule has 1 aromatic heterocycles. The molecule has 0 radical (unpaired) electrons. The first kappa shape index (κ1) is 15.3. The molecule has 1 N–H and O–H groups in total. The quantitative estimate of drug-likeness (QED) is 0.881. The van der Waals surface area contributed by atoms with E-state index in [4.69, 9.17) is 23.2 Å². The van der Waals surface area contributed by atoms with E-state index in [1.165, 1.54) is 0 Å². The Labute approximate surface area is 129 Å². The third-order valence-corrected chi connectivity index (χ3v) is 4.23. The lowest BCUT2D eigenvalue weighted by Gasteiger charge is -2.33. The molecule has 1 heterocycles. The second-order valence-corrected chi connectivity index (χ2v) is 5.86. The van der Waals surface area contributed by atoms with Crippen LogP contribution in [0.5, 0.6) is 0 Å². The van der Waals surface area contributed by atoms with Gasteiger partial charge in [0.25, 0.3) is 0 Å². The van der Waals surface area contributed by atoms with Crippen LogP contribution in [0.1, 0.15) is 37.3 Å². The standard InChI is InChI=1S/C16H17Cl2NO/c1-3-14(13-7-6-12(17)9-15(13)18)16(2,20)11-5-4-8-19-10-11/h4-10,14,20H,3H2,1-2H3. The Hall–Kier alpha value is -1.09. The van der Waals surface area contributed by atoms with E-state index in [0.717, 1.165) is 17.5 Å². The average Bonchev–Trinajstić information content (AvgIpc) is 2.43. The fourth-order valence-electron chi connectivity index (χ4n) is 2.57. The minimum absolute atomic E-state index is 0.128. The molecule has 0 bridgehead atoms. The predicted molar refractivity (Wildman–Crippen MR) is 83.3 cm³/mol. The molecule has 2 aromatic rings. The molecule has 2 nitrogen and oxygen atoms in total. The number of hydrogen-bond acceptors (Lipinski definition) is 2. The zero-order chi connectivity index (χ0) is 14.8. The Morgan fingerprint density at radius 2 is 2.05 bits per heavy atom. The number of hydrogen-bond donors (Lipinski definition) is 1. The minimum atomic E-state index is -1.04. The highest BCUT2D eigenvalue weighted by Crippen LogP contribution is 2.41. The molecule has 0 amide bonds. The Kier molecular flexibility index (Phi) is 4.69. The van der Waals surface area contributed by atoms with Crippen LogP contribution in [-0.2, 0) is 5.60 Å². The first-order valence-corrected chi connectivity index (χ1v) is 7.30. The third kappa shape index (κ3) is 2.98. The van der Waals surface area contributed by atoms with Gasteiger partial charge in [0.05, 0.1) is 5.60 Å². The molecular formula is C16H17Cl2NO. The van der Waals surface area contributed by atoms with Crippen LogP contribution >= 0.6 is 23.2 Å². The van der Waals surface area contributed by atoms with Gasteiger partial charge in [0.15, 0.2) is 0 Å². The van der Waals surface area contributed by atoms with Crippen LogP contribution in [0.2, 0.25) is 10.0 Å². The van der Waals surface area contributed by atoms with E-state index in [2.05, 4.69) is 4.98 Å². The summed E-state index contributed by atoms with van der Waals surface area (Å²) in [5, 5.41) is 12.1. The van der Waals surface area contributed by atoms with E-state index >= 15 is 0 Å². The van der Waals surface area contributed by atoms with Gasteiger partial charge in [-0.15, -0.1) is 0 Å². The van der Waals surface area contributed by atoms with Gasteiger partial charge in [-0.3, -0.25) is 4.98 Å². The van der Waals surface area contributed by atoms with Gasteiger partial charge in [0, 0.05) is 33.9 Å². The lowest BCUT2D eigenvalue weighted by atomic mass is 9.77. The summed E-state index contributed by atoms with van der Waals surface area (Å²) in [7, 11) is 0. The monoisotopic (exact) mass is 309 g/mol. The van der Waals surface area contributed by atoms with Crippen molar-refractivity contribution < 1.29 is 5.11 Å². The minimum Gasteiger partial charge on any atom is -0.385 e. The lowest BCUT2D eigenvalue weighted by Crippen LogP contribution is -2.30. The van der Waals surface area contributed by atoms with Crippen molar-refractivity contribution in [2.75, 3.05) is 0 Å². The van der Waals surface area contributed by atoms with Crippen molar-refractivity contribution in [3.05, 3.63) is 63.9 Å². The highest BCUT2D eigenvalue weighted by molar-refractivity contribution is 6.35. The number of aliphatic hydroxyl groups is 1. The largest absolute Gasteiger partial charge is 0.385 e. The van der Waals surface area contributed by atoms with Gasteiger partial charge in [-0.1, -0.05) is 42.3 Å². The summed E-state index contributed by atoms with van der Waals surface area (Å²) in [4.78, 5) is 4.08. The molecule has 106 valence electrons. The molecule has 2 unspecified atom stereocenters. The van der Waals surface area contributed by atoms with Crippen LogP contribution in [0.4, 0.5) is 0 Å². The molecule has 20 heavy (non-hydrogen) atoms. The normalized spacial score (nSPS) is 15.7. The summed E-state index contributed by atoms with van der Waals surface area (Å²) in [6.07, 6.45) is 4.13. The second-order valence-electron chi connectivity index (χ2n) is 5.02. The molecular weight excluding hydrogens is 293 g/mol. The van der Waals surface area contributed by atoms with Crippen LogP contribution in [0.15, 0.2) is 42.7 Å². The molecule has 4 heteroatoms. The number of halogens is 2. The van der Waals surface area contributed by atoms with Gasteiger partial charge in [0.1, 0.15) is 0 Å². The number of rotatable bonds is 4. The molecule has 1 aromatic carbocycles. The molecule has 0 saturated carbocycles. The summed E-state index contributed by atoms with van der Waals surface area (Å²) in [5.74, 6) is -0.128. The van der Waals surface area contributed by atoms with Crippen molar-refractivity contribution >= 4 is 23.2 Å². The summed E-state index contributed by atoms with van der Waals surface area (Å²) < 4.78 is 0. The van der Waals surface area contributed by atoms with Gasteiger partial charge in [-0.2, -0.15) is 0 Å². The van der Waals surface area contributed by atoms with Crippen molar-refractivity contribution in [1.82, 2.24) is 4.98 Å². The zero-order valence-corrected chi connectivity index (χ0v) is 13.0. The average molecular weight is 310 g/mol. The van der Waals surface area contributed by atoms with E-state index in [-0.39, 0.29) is 5.92 Å². The highest BCUT2D eigenvalue weighted by atomic mass is 35.5. The van der Waals surface area contributed by atoms with E-state index < -0.39 is 5.60 Å². The summed E-state index contributed by atoms with van der Waals surface area (Å²) >= 11 is 12.2. The van der Waals surface area contributed by atoms with Gasteiger partial charge in [-0.05, 0) is 37.1 Å². The van der Waals surface area contributed by atoms with Crippen molar-refractivity contribution in [3.63, 3.8) is 0 Å². The SMILES string of the molecule is CCC(c1ccc(Cl)cc1Cl)C(C)(O)c1cccnc1. The fourth-order valence-corrected chi connectivity index (χ4v) is 3.11. The van der Waals surface area contributed by atoms with Crippen LogP contribution < -0.4 is 0 Å². The Morgan fingerprint density at radius 3 is 2.60 bits per heavy atom. The van der Waals surface area contributed by atoms with E-state index in [0.29, 0.717) is 10.0 Å². The van der Waals surface area contributed by atoms with Crippen molar-refractivity contribution in [2.24, 2.45) is 0 Å². The summed E-state index contributed by atoms with van der Waals surface area (Å²) in [6.45, 7) is 3.82.